The van der Waals surface area contributed by atoms with Gasteiger partial charge in [0.2, 0.25) is 0 Å². The Morgan fingerprint density at radius 3 is 2.42 bits per heavy atom. The number of halogens is 1. The van der Waals surface area contributed by atoms with Gasteiger partial charge < -0.3 is 4.74 Å². The second-order valence-electron chi connectivity index (χ2n) is 7.46. The Kier molecular flexibility index (Phi) is 6.06. The number of ether oxygens (including phenoxy) is 1. The third-order valence-electron chi connectivity index (χ3n) is 4.09. The average molecular weight is 430 g/mol. The molecule has 0 unspecified atom stereocenters. The lowest BCUT2D eigenvalue weighted by Crippen LogP contribution is -2.22. The van der Waals surface area contributed by atoms with Crippen molar-refractivity contribution in [3.8, 4) is 22.6 Å². The number of hydrogen-bond donors (Lipinski definition) is 0. The molecule has 6 heteroatoms. The van der Waals surface area contributed by atoms with Gasteiger partial charge in [0.1, 0.15) is 22.9 Å². The Morgan fingerprint density at radius 2 is 1.77 bits per heavy atom. The molecule has 1 aromatic carbocycles. The largest absolute Gasteiger partial charge is 0.361 e. The molecule has 0 aliphatic heterocycles. The maximum Gasteiger partial charge on any atom is 0.143 e. The second kappa shape index (κ2) is 8.29. The minimum absolute atomic E-state index is 0.475. The summed E-state index contributed by atoms with van der Waals surface area (Å²) in [5.41, 5.74) is 2.93. The molecule has 0 bridgehead atoms. The summed E-state index contributed by atoms with van der Waals surface area (Å²) in [6.45, 7) is 8.33. The number of nitrogens with zero attached hydrogens (tertiary/aromatic N) is 3. The van der Waals surface area contributed by atoms with Crippen molar-refractivity contribution in [3.63, 3.8) is 0 Å². The predicted molar refractivity (Wildman–Crippen MR) is 113 cm³/mol. The molecule has 0 aliphatic rings. The predicted octanol–water partition coefficient (Wildman–Crippen LogP) is 5.69. The molecule has 26 heavy (non-hydrogen) atoms. The van der Waals surface area contributed by atoms with Crippen molar-refractivity contribution in [2.24, 2.45) is 0 Å². The highest BCUT2D eigenvalue weighted by Gasteiger charge is 2.18. The maximum atomic E-state index is 6.00. The lowest BCUT2D eigenvalue weighted by atomic mass is 10.2. The summed E-state index contributed by atoms with van der Waals surface area (Å²) in [4.78, 5) is 9.10. The molecule has 136 valence electrons. The number of hydrogen-bond acceptors (Lipinski definition) is 3. The molecule has 0 fully saturated rings. The molecule has 3 rings (SSSR count). The zero-order chi connectivity index (χ0) is 18.6. The van der Waals surface area contributed by atoms with E-state index in [9.17, 15) is 0 Å². The highest BCUT2D eigenvalue weighted by molar-refractivity contribution is 9.10. The average Bonchev–Trinajstić information content (AvgIpc) is 2.96. The van der Waals surface area contributed by atoms with Crippen molar-refractivity contribution in [1.29, 1.82) is 0 Å². The first kappa shape index (κ1) is 19.0. The van der Waals surface area contributed by atoms with E-state index in [2.05, 4.69) is 57.3 Å². The Hall–Kier alpha value is -1.76. The summed E-state index contributed by atoms with van der Waals surface area (Å²) in [6.07, 6.45) is 3.60. The van der Waals surface area contributed by atoms with Crippen LogP contribution in [0.25, 0.3) is 22.6 Å². The van der Waals surface area contributed by atoms with Gasteiger partial charge in [0.25, 0.3) is 0 Å². The molecule has 0 N–H and O–H groups in total. The van der Waals surface area contributed by atoms with Crippen LogP contribution in [0.1, 0.15) is 0 Å². The summed E-state index contributed by atoms with van der Waals surface area (Å²) in [5, 5.41) is 0. The van der Waals surface area contributed by atoms with Crippen LogP contribution in [0.2, 0.25) is 25.7 Å². The molecule has 0 saturated carbocycles. The van der Waals surface area contributed by atoms with Gasteiger partial charge in [0.05, 0.1) is 0 Å². The zero-order valence-corrected chi connectivity index (χ0v) is 18.0. The van der Waals surface area contributed by atoms with Crippen LogP contribution in [0.4, 0.5) is 0 Å². The minimum atomic E-state index is -1.10. The smallest absolute Gasteiger partial charge is 0.143 e. The van der Waals surface area contributed by atoms with Gasteiger partial charge in [-0.2, -0.15) is 0 Å². The van der Waals surface area contributed by atoms with Crippen molar-refractivity contribution >= 4 is 24.0 Å². The van der Waals surface area contributed by atoms with E-state index in [4.69, 9.17) is 9.72 Å². The van der Waals surface area contributed by atoms with Crippen LogP contribution >= 0.6 is 15.9 Å². The molecule has 0 amide bonds. The maximum absolute atomic E-state index is 6.00. The van der Waals surface area contributed by atoms with Gasteiger partial charge >= 0.3 is 0 Å². The highest BCUT2D eigenvalue weighted by atomic mass is 79.9. The van der Waals surface area contributed by atoms with Crippen molar-refractivity contribution in [3.05, 3.63) is 59.5 Å². The van der Waals surface area contributed by atoms with Crippen LogP contribution in [-0.2, 0) is 11.5 Å². The van der Waals surface area contributed by atoms with Gasteiger partial charge in [0.15, 0.2) is 0 Å². The molecule has 0 saturated heterocycles. The molecule has 3 aromatic rings. The van der Waals surface area contributed by atoms with Crippen LogP contribution in [0.3, 0.4) is 0 Å². The molecule has 2 aromatic heterocycles. The third kappa shape index (κ3) is 4.69. The minimum Gasteiger partial charge on any atom is -0.361 e. The number of benzene rings is 1. The number of rotatable bonds is 7. The van der Waals surface area contributed by atoms with Crippen LogP contribution in [0.5, 0.6) is 0 Å². The number of pyridine rings is 1. The van der Waals surface area contributed by atoms with Crippen molar-refractivity contribution < 1.29 is 4.74 Å². The standard InChI is InChI=1S/C20H24BrN3OSi/c1-26(2,3)13-12-25-15-24-19(21)18(17-10-7-11-22-14-17)23-20(24)16-8-5-4-6-9-16/h4-11,14H,12-13,15H2,1-3H3. The van der Waals surface area contributed by atoms with Gasteiger partial charge in [-0.25, -0.2) is 4.98 Å². The topological polar surface area (TPSA) is 39.9 Å². The zero-order valence-electron chi connectivity index (χ0n) is 15.4. The molecule has 0 aliphatic carbocycles. The molecule has 4 nitrogen and oxygen atoms in total. The van der Waals surface area contributed by atoms with Crippen LogP contribution in [0.15, 0.2) is 59.5 Å². The first-order valence-corrected chi connectivity index (χ1v) is 13.3. The molecule has 2 heterocycles. The number of imidazole rings is 1. The van der Waals surface area contributed by atoms with Gasteiger partial charge in [0, 0.05) is 38.2 Å². The summed E-state index contributed by atoms with van der Waals surface area (Å²) < 4.78 is 9.00. The van der Waals surface area contributed by atoms with E-state index < -0.39 is 8.07 Å². The summed E-state index contributed by atoms with van der Waals surface area (Å²) in [5.74, 6) is 0.893. The fourth-order valence-corrected chi connectivity index (χ4v) is 3.92. The monoisotopic (exact) mass is 429 g/mol. The van der Waals surface area contributed by atoms with Gasteiger partial charge in [-0.1, -0.05) is 50.0 Å². The third-order valence-corrected chi connectivity index (χ3v) is 6.60. The van der Waals surface area contributed by atoms with E-state index in [-0.39, 0.29) is 0 Å². The van der Waals surface area contributed by atoms with Crippen LogP contribution < -0.4 is 0 Å². The molecule has 0 spiro atoms. The summed E-state index contributed by atoms with van der Waals surface area (Å²) in [6, 6.07) is 15.3. The lowest BCUT2D eigenvalue weighted by Gasteiger charge is -2.16. The van der Waals surface area contributed by atoms with E-state index in [1.54, 1.807) is 6.20 Å². The van der Waals surface area contributed by atoms with Crippen molar-refractivity contribution in [2.75, 3.05) is 6.61 Å². The first-order valence-electron chi connectivity index (χ1n) is 8.75. The van der Waals surface area contributed by atoms with E-state index in [0.717, 1.165) is 39.9 Å². The Morgan fingerprint density at radius 1 is 1.04 bits per heavy atom. The van der Waals surface area contributed by atoms with Crippen LogP contribution in [-0.4, -0.2) is 29.2 Å². The fraction of sp³-hybridized carbons (Fsp3) is 0.300. The quantitative estimate of drug-likeness (QED) is 0.357. The second-order valence-corrected chi connectivity index (χ2v) is 13.8. The Balaban J connectivity index is 1.92. The SMILES string of the molecule is C[Si](C)(C)CCOCn1c(-c2ccccc2)nc(-c2cccnc2)c1Br. The van der Waals surface area contributed by atoms with E-state index >= 15 is 0 Å². The van der Waals surface area contributed by atoms with Crippen molar-refractivity contribution in [2.45, 2.75) is 32.4 Å². The first-order chi connectivity index (χ1) is 12.5. The summed E-state index contributed by atoms with van der Waals surface area (Å²) >= 11 is 3.73. The fourth-order valence-electron chi connectivity index (χ4n) is 2.58. The van der Waals surface area contributed by atoms with Gasteiger partial charge in [-0.15, -0.1) is 0 Å². The molecule has 0 atom stereocenters. The van der Waals surface area contributed by atoms with E-state index in [1.807, 2.05) is 36.5 Å². The molecular weight excluding hydrogens is 406 g/mol. The van der Waals surface area contributed by atoms with Gasteiger partial charge in [-0.3, -0.25) is 9.55 Å². The molecule has 0 radical (unpaired) electrons. The van der Waals surface area contributed by atoms with Gasteiger partial charge in [-0.05, 0) is 34.1 Å². The normalized spacial score (nSPS) is 11.7. The lowest BCUT2D eigenvalue weighted by molar-refractivity contribution is 0.0869. The Labute approximate surface area is 164 Å². The van der Waals surface area contributed by atoms with E-state index in [0.29, 0.717) is 6.73 Å². The number of aromatic nitrogens is 3. The van der Waals surface area contributed by atoms with E-state index in [1.165, 1.54) is 0 Å². The van der Waals surface area contributed by atoms with Crippen molar-refractivity contribution in [1.82, 2.24) is 14.5 Å². The highest BCUT2D eigenvalue weighted by Crippen LogP contribution is 2.32. The Bertz CT molecular complexity index is 845. The molecular formula is C20H24BrN3OSi. The summed E-state index contributed by atoms with van der Waals surface area (Å²) in [7, 11) is -1.10. The van der Waals surface area contributed by atoms with Crippen LogP contribution in [0, 0.1) is 0 Å².